The molecule has 1 N–H and O–H groups in total. The van der Waals surface area contributed by atoms with Crippen molar-refractivity contribution >= 4 is 28.3 Å². The number of thiazole rings is 1. The number of anilines is 1. The molecule has 0 aliphatic carbocycles. The van der Waals surface area contributed by atoms with E-state index in [-0.39, 0.29) is 18.4 Å². The molecule has 2 aromatic rings. The zero-order chi connectivity index (χ0) is 16.4. The number of esters is 1. The largest absolute Gasteiger partial charge is 0.454 e. The van der Waals surface area contributed by atoms with Gasteiger partial charge in [0.2, 0.25) is 12.7 Å². The predicted octanol–water partition coefficient (Wildman–Crippen LogP) is 2.75. The van der Waals surface area contributed by atoms with Crippen LogP contribution in [-0.4, -0.2) is 23.7 Å². The molecule has 0 saturated carbocycles. The van der Waals surface area contributed by atoms with Crippen molar-refractivity contribution in [2.45, 2.75) is 20.0 Å². The molecule has 3 rings (SSSR count). The Morgan fingerprint density at radius 3 is 2.91 bits per heavy atom. The zero-order valence-corrected chi connectivity index (χ0v) is 13.3. The van der Waals surface area contributed by atoms with Crippen molar-refractivity contribution in [2.24, 2.45) is 0 Å². The minimum Gasteiger partial charge on any atom is -0.454 e. The maximum atomic E-state index is 12.1. The quantitative estimate of drug-likeness (QED) is 0.865. The molecule has 0 fully saturated rings. The van der Waals surface area contributed by atoms with Crippen LogP contribution in [0.2, 0.25) is 0 Å². The third-order valence-corrected chi connectivity index (χ3v) is 3.90. The van der Waals surface area contributed by atoms with Crippen LogP contribution in [0.5, 0.6) is 11.5 Å². The first-order valence-corrected chi connectivity index (χ1v) is 7.74. The normalized spacial score (nSPS) is 13.5. The van der Waals surface area contributed by atoms with Gasteiger partial charge in [-0.1, -0.05) is 6.07 Å². The maximum Gasteiger partial charge on any atom is 0.358 e. The Morgan fingerprint density at radius 1 is 1.35 bits per heavy atom. The lowest BCUT2D eigenvalue weighted by Crippen LogP contribution is -2.10. The van der Waals surface area contributed by atoms with E-state index < -0.39 is 12.1 Å². The molecule has 0 spiro atoms. The van der Waals surface area contributed by atoms with Gasteiger partial charge in [0, 0.05) is 12.3 Å². The van der Waals surface area contributed by atoms with Gasteiger partial charge in [0.1, 0.15) is 6.10 Å². The van der Waals surface area contributed by atoms with Crippen LogP contribution in [0.4, 0.5) is 5.13 Å². The summed E-state index contributed by atoms with van der Waals surface area (Å²) in [7, 11) is 0. The molecule has 1 atom stereocenters. The van der Waals surface area contributed by atoms with Crippen LogP contribution < -0.4 is 14.8 Å². The van der Waals surface area contributed by atoms with Gasteiger partial charge in [-0.15, -0.1) is 11.3 Å². The first-order chi connectivity index (χ1) is 11.0. The fourth-order valence-electron chi connectivity index (χ4n) is 2.03. The van der Waals surface area contributed by atoms with Crippen LogP contribution in [0.25, 0.3) is 0 Å². The van der Waals surface area contributed by atoms with Crippen LogP contribution in [0, 0.1) is 0 Å². The molecule has 0 saturated heterocycles. The molecule has 1 aliphatic heterocycles. The molecule has 0 unspecified atom stereocenters. The van der Waals surface area contributed by atoms with Gasteiger partial charge < -0.3 is 19.5 Å². The average molecular weight is 334 g/mol. The van der Waals surface area contributed by atoms with Gasteiger partial charge in [0.15, 0.2) is 22.3 Å². The van der Waals surface area contributed by atoms with Crippen molar-refractivity contribution in [3.8, 4) is 11.5 Å². The number of benzene rings is 1. The van der Waals surface area contributed by atoms with Gasteiger partial charge in [0.25, 0.3) is 0 Å². The number of carbonyl (C=O) groups is 2. The molecule has 1 amide bonds. The van der Waals surface area contributed by atoms with Crippen LogP contribution in [0.15, 0.2) is 23.6 Å². The SMILES string of the molecule is CC(=O)Nc1nc(C(=O)O[C@@H](C)c2ccc3c(c2)OCO3)cs1. The Kier molecular flexibility index (Phi) is 4.16. The highest BCUT2D eigenvalue weighted by Gasteiger charge is 2.20. The monoisotopic (exact) mass is 334 g/mol. The fraction of sp³-hybridized carbons (Fsp3) is 0.267. The van der Waals surface area contributed by atoms with E-state index in [2.05, 4.69) is 10.3 Å². The summed E-state index contributed by atoms with van der Waals surface area (Å²) >= 11 is 1.16. The first-order valence-electron chi connectivity index (χ1n) is 6.86. The number of aromatic nitrogens is 1. The minimum absolute atomic E-state index is 0.159. The van der Waals surface area contributed by atoms with Crippen molar-refractivity contribution in [1.29, 1.82) is 0 Å². The number of ether oxygens (including phenoxy) is 3. The molecule has 1 aromatic heterocycles. The maximum absolute atomic E-state index is 12.1. The second-order valence-electron chi connectivity index (χ2n) is 4.88. The molecule has 23 heavy (non-hydrogen) atoms. The Morgan fingerprint density at radius 2 is 2.13 bits per heavy atom. The molecular weight excluding hydrogens is 320 g/mol. The lowest BCUT2D eigenvalue weighted by Gasteiger charge is -2.13. The van der Waals surface area contributed by atoms with Gasteiger partial charge in [0.05, 0.1) is 0 Å². The highest BCUT2D eigenvalue weighted by molar-refractivity contribution is 7.14. The Balaban J connectivity index is 1.67. The number of amides is 1. The fourth-order valence-corrected chi connectivity index (χ4v) is 2.76. The van der Waals surface area contributed by atoms with Gasteiger partial charge in [-0.05, 0) is 24.6 Å². The lowest BCUT2D eigenvalue weighted by atomic mass is 10.1. The summed E-state index contributed by atoms with van der Waals surface area (Å²) in [5.74, 6) is 0.509. The number of hydrogen-bond acceptors (Lipinski definition) is 7. The molecule has 1 aliphatic rings. The van der Waals surface area contributed by atoms with Crippen molar-refractivity contribution in [2.75, 3.05) is 12.1 Å². The van der Waals surface area contributed by atoms with Crippen molar-refractivity contribution in [3.05, 3.63) is 34.8 Å². The number of nitrogens with one attached hydrogen (secondary N) is 1. The molecule has 2 heterocycles. The minimum atomic E-state index is -0.553. The Labute approximate surface area is 136 Å². The Bertz CT molecular complexity index is 758. The van der Waals surface area contributed by atoms with Gasteiger partial charge in [-0.3, -0.25) is 4.79 Å². The Hall–Kier alpha value is -2.61. The molecule has 8 heteroatoms. The summed E-state index contributed by atoms with van der Waals surface area (Å²) in [6.07, 6.45) is -0.470. The van der Waals surface area contributed by atoms with Crippen LogP contribution in [0.1, 0.15) is 36.0 Å². The summed E-state index contributed by atoms with van der Waals surface area (Å²) in [6, 6.07) is 5.37. The van der Waals surface area contributed by atoms with E-state index in [1.54, 1.807) is 24.4 Å². The zero-order valence-electron chi connectivity index (χ0n) is 12.5. The molecule has 120 valence electrons. The summed E-state index contributed by atoms with van der Waals surface area (Å²) < 4.78 is 15.9. The van der Waals surface area contributed by atoms with Crippen LogP contribution >= 0.6 is 11.3 Å². The van der Waals surface area contributed by atoms with E-state index in [1.165, 1.54) is 6.92 Å². The van der Waals surface area contributed by atoms with Gasteiger partial charge in [-0.25, -0.2) is 9.78 Å². The summed E-state index contributed by atoms with van der Waals surface area (Å²) in [5, 5.41) is 4.43. The second-order valence-corrected chi connectivity index (χ2v) is 5.74. The smallest absolute Gasteiger partial charge is 0.358 e. The van der Waals surface area contributed by atoms with Crippen molar-refractivity contribution in [1.82, 2.24) is 4.98 Å². The number of fused-ring (bicyclic) bond motifs is 1. The van der Waals surface area contributed by atoms with Gasteiger partial charge in [-0.2, -0.15) is 0 Å². The van der Waals surface area contributed by atoms with E-state index in [1.807, 2.05) is 6.07 Å². The average Bonchev–Trinajstić information content (AvgIpc) is 3.14. The molecule has 1 aromatic carbocycles. The first kappa shape index (κ1) is 15.3. The summed E-state index contributed by atoms with van der Waals surface area (Å²) in [6.45, 7) is 3.33. The molecule has 0 bridgehead atoms. The highest BCUT2D eigenvalue weighted by atomic mass is 32.1. The lowest BCUT2D eigenvalue weighted by molar-refractivity contribution is -0.114. The standard InChI is InChI=1S/C15H14N2O5S/c1-8(10-3-4-12-13(5-10)21-7-20-12)22-14(19)11-6-23-15(17-11)16-9(2)18/h3-6,8H,7H2,1-2H3,(H,16,17,18)/t8-/m0/s1. The molecule has 0 radical (unpaired) electrons. The van der Waals surface area contributed by atoms with E-state index in [4.69, 9.17) is 14.2 Å². The summed E-state index contributed by atoms with van der Waals surface area (Å²) in [4.78, 5) is 27.1. The molecule has 7 nitrogen and oxygen atoms in total. The van der Waals surface area contributed by atoms with Crippen LogP contribution in [-0.2, 0) is 9.53 Å². The van der Waals surface area contributed by atoms with Crippen molar-refractivity contribution < 1.29 is 23.8 Å². The number of carbonyl (C=O) groups excluding carboxylic acids is 2. The van der Waals surface area contributed by atoms with E-state index >= 15 is 0 Å². The second kappa shape index (κ2) is 6.25. The van der Waals surface area contributed by atoms with Crippen LogP contribution in [0.3, 0.4) is 0 Å². The summed E-state index contributed by atoms with van der Waals surface area (Å²) in [5.41, 5.74) is 0.950. The highest BCUT2D eigenvalue weighted by Crippen LogP contribution is 2.35. The van der Waals surface area contributed by atoms with E-state index in [0.29, 0.717) is 16.6 Å². The topological polar surface area (TPSA) is 86.8 Å². The molecular formula is C15H14N2O5S. The van der Waals surface area contributed by atoms with E-state index in [0.717, 1.165) is 16.9 Å². The van der Waals surface area contributed by atoms with Crippen molar-refractivity contribution in [3.63, 3.8) is 0 Å². The third kappa shape index (κ3) is 3.42. The number of rotatable bonds is 4. The number of nitrogens with zero attached hydrogens (tertiary/aromatic N) is 1. The van der Waals surface area contributed by atoms with E-state index in [9.17, 15) is 9.59 Å². The van der Waals surface area contributed by atoms with Gasteiger partial charge >= 0.3 is 5.97 Å². The predicted molar refractivity (Wildman–Crippen MR) is 82.8 cm³/mol. The number of hydrogen-bond donors (Lipinski definition) is 1. The third-order valence-electron chi connectivity index (χ3n) is 3.15.